The second kappa shape index (κ2) is 3.05. The van der Waals surface area contributed by atoms with Gasteiger partial charge in [-0.2, -0.15) is 0 Å². The highest BCUT2D eigenvalue weighted by molar-refractivity contribution is 14.1. The van der Waals surface area contributed by atoms with E-state index in [1.165, 1.54) is 4.70 Å². The quantitative estimate of drug-likeness (QED) is 0.737. The standard InChI is InChI=1S/C8H5ClINS/c9-4-1-2-6-5(3-4)7(11)8(10)12-6/h1-3H,11H2. The number of thiophene rings is 1. The van der Waals surface area contributed by atoms with E-state index in [1.54, 1.807) is 11.3 Å². The third kappa shape index (κ3) is 1.30. The van der Waals surface area contributed by atoms with E-state index >= 15 is 0 Å². The van der Waals surface area contributed by atoms with E-state index < -0.39 is 0 Å². The highest BCUT2D eigenvalue weighted by Crippen LogP contribution is 2.35. The minimum atomic E-state index is 0.739. The van der Waals surface area contributed by atoms with Gasteiger partial charge in [-0.3, -0.25) is 0 Å². The zero-order valence-corrected chi connectivity index (χ0v) is 9.70. The van der Waals surface area contributed by atoms with Crippen LogP contribution < -0.4 is 5.73 Å². The molecule has 0 radical (unpaired) electrons. The lowest BCUT2D eigenvalue weighted by Crippen LogP contribution is -1.82. The molecule has 0 aliphatic carbocycles. The molecular formula is C8H5ClINS. The van der Waals surface area contributed by atoms with Crippen molar-refractivity contribution >= 4 is 61.3 Å². The first kappa shape index (κ1) is 8.59. The molecule has 0 aliphatic rings. The van der Waals surface area contributed by atoms with Crippen molar-refractivity contribution in [2.24, 2.45) is 0 Å². The third-order valence-electron chi connectivity index (χ3n) is 1.64. The Morgan fingerprint density at radius 2 is 2.17 bits per heavy atom. The highest BCUT2D eigenvalue weighted by atomic mass is 127. The van der Waals surface area contributed by atoms with Crippen LogP contribution in [0.1, 0.15) is 0 Å². The first-order valence-corrected chi connectivity index (χ1v) is 5.59. The molecule has 0 aliphatic heterocycles. The number of anilines is 1. The van der Waals surface area contributed by atoms with Gasteiger partial charge in [0.25, 0.3) is 0 Å². The Morgan fingerprint density at radius 3 is 2.92 bits per heavy atom. The van der Waals surface area contributed by atoms with Crippen LogP contribution in [0.5, 0.6) is 0 Å². The topological polar surface area (TPSA) is 26.0 Å². The van der Waals surface area contributed by atoms with Crippen molar-refractivity contribution in [3.8, 4) is 0 Å². The van der Waals surface area contributed by atoms with E-state index in [0.717, 1.165) is 19.0 Å². The van der Waals surface area contributed by atoms with Crippen molar-refractivity contribution < 1.29 is 0 Å². The van der Waals surface area contributed by atoms with Crippen LogP contribution >= 0.6 is 45.5 Å². The molecule has 1 aromatic heterocycles. The number of hydrogen-bond donors (Lipinski definition) is 1. The van der Waals surface area contributed by atoms with Gasteiger partial charge in [-0.25, -0.2) is 0 Å². The summed E-state index contributed by atoms with van der Waals surface area (Å²) in [5.74, 6) is 0. The van der Waals surface area contributed by atoms with Crippen molar-refractivity contribution in [1.29, 1.82) is 0 Å². The number of fused-ring (bicyclic) bond motifs is 1. The van der Waals surface area contributed by atoms with E-state index in [0.29, 0.717) is 0 Å². The van der Waals surface area contributed by atoms with Gasteiger partial charge < -0.3 is 5.73 Å². The molecule has 0 saturated heterocycles. The van der Waals surface area contributed by atoms with Gasteiger partial charge in [0.2, 0.25) is 0 Å². The summed E-state index contributed by atoms with van der Waals surface area (Å²) in [6.45, 7) is 0. The molecule has 0 amide bonds. The molecule has 2 aromatic rings. The van der Waals surface area contributed by atoms with Gasteiger partial charge in [0, 0.05) is 15.1 Å². The number of nitrogens with two attached hydrogens (primary N) is 1. The molecule has 0 atom stereocenters. The first-order valence-electron chi connectivity index (χ1n) is 3.31. The van der Waals surface area contributed by atoms with Crippen LogP contribution in [0.2, 0.25) is 5.02 Å². The minimum absolute atomic E-state index is 0.739. The molecule has 0 spiro atoms. The van der Waals surface area contributed by atoms with Gasteiger partial charge in [-0.15, -0.1) is 11.3 Å². The SMILES string of the molecule is Nc1c(I)sc2ccc(Cl)cc12. The lowest BCUT2D eigenvalue weighted by atomic mass is 10.2. The van der Waals surface area contributed by atoms with Crippen molar-refractivity contribution in [2.75, 3.05) is 5.73 Å². The average Bonchev–Trinajstić information content (AvgIpc) is 2.31. The fourth-order valence-corrected chi connectivity index (χ4v) is 3.06. The van der Waals surface area contributed by atoms with Gasteiger partial charge in [0.05, 0.1) is 8.57 Å². The van der Waals surface area contributed by atoms with E-state index in [1.807, 2.05) is 18.2 Å². The number of rotatable bonds is 0. The largest absolute Gasteiger partial charge is 0.397 e. The molecule has 12 heavy (non-hydrogen) atoms. The Bertz CT molecular complexity index is 438. The van der Waals surface area contributed by atoms with Crippen molar-refractivity contribution in [2.45, 2.75) is 0 Å². The second-order valence-electron chi connectivity index (χ2n) is 2.43. The number of hydrogen-bond acceptors (Lipinski definition) is 2. The molecule has 2 rings (SSSR count). The minimum Gasteiger partial charge on any atom is -0.397 e. The molecular weight excluding hydrogens is 305 g/mol. The van der Waals surface area contributed by atoms with E-state index in [9.17, 15) is 0 Å². The average molecular weight is 310 g/mol. The van der Waals surface area contributed by atoms with Crippen LogP contribution in [0.4, 0.5) is 5.69 Å². The van der Waals surface area contributed by atoms with Crippen LogP contribution in [-0.2, 0) is 0 Å². The first-order chi connectivity index (χ1) is 5.68. The predicted octanol–water partition coefficient (Wildman–Crippen LogP) is 3.74. The third-order valence-corrected chi connectivity index (χ3v) is 4.09. The van der Waals surface area contributed by atoms with Crippen LogP contribution in [0.15, 0.2) is 18.2 Å². The maximum absolute atomic E-state index is 5.85. The monoisotopic (exact) mass is 309 g/mol. The second-order valence-corrected chi connectivity index (χ2v) is 5.73. The molecule has 4 heteroatoms. The molecule has 1 aromatic carbocycles. The van der Waals surface area contributed by atoms with E-state index in [4.69, 9.17) is 17.3 Å². The Kier molecular flexibility index (Phi) is 2.18. The van der Waals surface area contributed by atoms with Crippen LogP contribution in [0, 0.1) is 2.88 Å². The normalized spacial score (nSPS) is 10.8. The predicted molar refractivity (Wildman–Crippen MR) is 64.0 cm³/mol. The van der Waals surface area contributed by atoms with E-state index in [-0.39, 0.29) is 0 Å². The van der Waals surface area contributed by atoms with Crippen molar-refractivity contribution in [1.82, 2.24) is 0 Å². The Labute approximate surface area is 92.7 Å². The highest BCUT2D eigenvalue weighted by Gasteiger charge is 2.06. The maximum Gasteiger partial charge on any atom is 0.0895 e. The van der Waals surface area contributed by atoms with Gasteiger partial charge in [-0.1, -0.05) is 11.6 Å². The molecule has 1 heterocycles. The summed E-state index contributed by atoms with van der Waals surface area (Å²) in [6.07, 6.45) is 0. The summed E-state index contributed by atoms with van der Waals surface area (Å²) >= 11 is 9.78. The molecule has 0 fully saturated rings. The Hall–Kier alpha value is -0.0000000000000000555. The molecule has 1 nitrogen and oxygen atoms in total. The summed E-state index contributed by atoms with van der Waals surface area (Å²) in [7, 11) is 0. The fourth-order valence-electron chi connectivity index (χ4n) is 1.06. The lowest BCUT2D eigenvalue weighted by molar-refractivity contribution is 1.82. The number of nitrogen functional groups attached to an aromatic ring is 1. The number of halogens is 2. The molecule has 0 bridgehead atoms. The van der Waals surface area contributed by atoms with E-state index in [2.05, 4.69) is 22.6 Å². The summed E-state index contributed by atoms with van der Waals surface area (Å²) < 4.78 is 2.33. The van der Waals surface area contributed by atoms with Gasteiger partial charge in [0.15, 0.2) is 0 Å². The molecule has 62 valence electrons. The fraction of sp³-hybridized carbons (Fsp3) is 0. The smallest absolute Gasteiger partial charge is 0.0895 e. The zero-order valence-electron chi connectivity index (χ0n) is 5.97. The molecule has 2 N–H and O–H groups in total. The number of benzene rings is 1. The maximum atomic E-state index is 5.85. The van der Waals surface area contributed by atoms with Crippen LogP contribution in [0.25, 0.3) is 10.1 Å². The summed E-state index contributed by atoms with van der Waals surface area (Å²) in [5.41, 5.74) is 6.70. The lowest BCUT2D eigenvalue weighted by Gasteiger charge is -1.91. The van der Waals surface area contributed by atoms with Crippen molar-refractivity contribution in [3.05, 3.63) is 26.1 Å². The summed E-state index contributed by atoms with van der Waals surface area (Å²) in [4.78, 5) is 0. The molecule has 0 unspecified atom stereocenters. The van der Waals surface area contributed by atoms with Crippen LogP contribution in [0.3, 0.4) is 0 Å². The summed E-state index contributed by atoms with van der Waals surface area (Å²) in [5, 5.41) is 1.81. The Balaban J connectivity index is 2.88. The zero-order chi connectivity index (χ0) is 8.72. The van der Waals surface area contributed by atoms with Crippen molar-refractivity contribution in [3.63, 3.8) is 0 Å². The van der Waals surface area contributed by atoms with Crippen LogP contribution in [-0.4, -0.2) is 0 Å². The van der Waals surface area contributed by atoms with Gasteiger partial charge in [0.1, 0.15) is 0 Å². The van der Waals surface area contributed by atoms with Gasteiger partial charge in [-0.05, 0) is 40.8 Å². The molecule has 0 saturated carbocycles. The van der Waals surface area contributed by atoms with Gasteiger partial charge >= 0.3 is 0 Å². The Morgan fingerprint density at radius 1 is 1.42 bits per heavy atom. The summed E-state index contributed by atoms with van der Waals surface area (Å²) in [6, 6.07) is 5.79.